The molecule has 1 aromatic rings. The van der Waals surface area contributed by atoms with Gasteiger partial charge in [-0.25, -0.2) is 4.98 Å². The third-order valence-electron chi connectivity index (χ3n) is 1.99. The Morgan fingerprint density at radius 2 is 2.46 bits per heavy atom. The van der Waals surface area contributed by atoms with E-state index >= 15 is 0 Å². The Morgan fingerprint density at radius 3 is 2.92 bits per heavy atom. The maximum Gasteiger partial charge on any atom is 0.115 e. The van der Waals surface area contributed by atoms with Crippen molar-refractivity contribution in [2.24, 2.45) is 0 Å². The lowest BCUT2D eigenvalue weighted by Crippen LogP contribution is -2.43. The molecule has 0 aliphatic rings. The molecular weight excluding hydrogens is 184 g/mol. The van der Waals surface area contributed by atoms with Crippen LogP contribution in [0.1, 0.15) is 25.3 Å². The first kappa shape index (κ1) is 10.6. The number of aliphatic hydroxyl groups excluding tert-OH is 1. The molecule has 2 N–H and O–H groups in total. The van der Waals surface area contributed by atoms with E-state index in [-0.39, 0.29) is 12.1 Å². The molecule has 0 aliphatic carbocycles. The molecule has 0 spiro atoms. The van der Waals surface area contributed by atoms with Gasteiger partial charge in [-0.2, -0.15) is 0 Å². The van der Waals surface area contributed by atoms with Crippen molar-refractivity contribution in [2.75, 3.05) is 13.2 Å². The molecule has 0 fully saturated rings. The van der Waals surface area contributed by atoms with Crippen LogP contribution < -0.4 is 5.32 Å². The zero-order valence-corrected chi connectivity index (χ0v) is 8.90. The van der Waals surface area contributed by atoms with Crippen molar-refractivity contribution in [3.8, 4) is 0 Å². The topological polar surface area (TPSA) is 45.1 Å². The van der Waals surface area contributed by atoms with Gasteiger partial charge in [0, 0.05) is 11.6 Å². The van der Waals surface area contributed by atoms with E-state index in [4.69, 9.17) is 0 Å². The highest BCUT2D eigenvalue weighted by molar-refractivity contribution is 7.09. The summed E-state index contributed by atoms with van der Waals surface area (Å²) in [7, 11) is 0. The average molecular weight is 200 g/mol. The summed E-state index contributed by atoms with van der Waals surface area (Å²) in [5, 5.41) is 15.5. The second kappa shape index (κ2) is 4.69. The summed E-state index contributed by atoms with van der Waals surface area (Å²) in [4.78, 5) is 4.21. The highest BCUT2D eigenvalue weighted by Crippen LogP contribution is 2.21. The molecule has 0 aromatic carbocycles. The number of aromatic nitrogens is 1. The van der Waals surface area contributed by atoms with Crippen LogP contribution in [0.4, 0.5) is 0 Å². The molecule has 0 saturated carbocycles. The summed E-state index contributed by atoms with van der Waals surface area (Å²) in [6.07, 6.45) is 2.82. The van der Waals surface area contributed by atoms with E-state index in [0.29, 0.717) is 0 Å². The fraction of sp³-hybridized carbons (Fsp3) is 0.667. The number of rotatable bonds is 5. The minimum atomic E-state index is -0.371. The number of hydrogen-bond acceptors (Lipinski definition) is 4. The van der Waals surface area contributed by atoms with E-state index in [1.807, 2.05) is 12.3 Å². The summed E-state index contributed by atoms with van der Waals surface area (Å²) in [5.74, 6) is 0. The second-order valence-electron chi connectivity index (χ2n) is 3.25. The summed E-state index contributed by atoms with van der Waals surface area (Å²) >= 11 is 1.57. The van der Waals surface area contributed by atoms with Crippen molar-refractivity contribution >= 4 is 11.3 Å². The van der Waals surface area contributed by atoms with E-state index in [2.05, 4.69) is 17.2 Å². The van der Waals surface area contributed by atoms with Crippen LogP contribution in [0.5, 0.6) is 0 Å². The van der Waals surface area contributed by atoms with Crippen LogP contribution in [-0.2, 0) is 5.54 Å². The third-order valence-corrected chi connectivity index (χ3v) is 3.02. The van der Waals surface area contributed by atoms with Crippen LogP contribution in [0.3, 0.4) is 0 Å². The largest absolute Gasteiger partial charge is 0.394 e. The molecule has 1 unspecified atom stereocenters. The standard InChI is InChI=1S/C9H16N2OS/c1-3-4-11-9(2,7-12)8-10-5-6-13-8/h5-6,11-12H,3-4,7H2,1-2H3. The molecule has 0 amide bonds. The molecule has 13 heavy (non-hydrogen) atoms. The van der Waals surface area contributed by atoms with Gasteiger partial charge in [-0.3, -0.25) is 0 Å². The first-order valence-electron chi connectivity index (χ1n) is 4.49. The molecule has 0 bridgehead atoms. The lowest BCUT2D eigenvalue weighted by Gasteiger charge is -2.26. The van der Waals surface area contributed by atoms with Crippen molar-refractivity contribution < 1.29 is 5.11 Å². The Morgan fingerprint density at radius 1 is 1.69 bits per heavy atom. The zero-order valence-electron chi connectivity index (χ0n) is 8.08. The van der Waals surface area contributed by atoms with E-state index in [1.54, 1.807) is 17.5 Å². The average Bonchev–Trinajstić information content (AvgIpc) is 2.67. The number of nitrogens with one attached hydrogen (secondary N) is 1. The predicted molar refractivity (Wildman–Crippen MR) is 54.8 cm³/mol. The Kier molecular flexibility index (Phi) is 3.84. The second-order valence-corrected chi connectivity index (χ2v) is 4.15. The number of hydrogen-bond donors (Lipinski definition) is 2. The van der Waals surface area contributed by atoms with Gasteiger partial charge in [0.05, 0.1) is 12.1 Å². The normalized spacial score (nSPS) is 15.6. The molecule has 1 rings (SSSR count). The smallest absolute Gasteiger partial charge is 0.115 e. The third kappa shape index (κ3) is 2.49. The van der Waals surface area contributed by atoms with Crippen LogP contribution in [0, 0.1) is 0 Å². The molecule has 1 aromatic heterocycles. The number of nitrogens with zero attached hydrogens (tertiary/aromatic N) is 1. The molecule has 1 heterocycles. The Hall–Kier alpha value is -0.450. The van der Waals surface area contributed by atoms with E-state index < -0.39 is 0 Å². The van der Waals surface area contributed by atoms with Gasteiger partial charge < -0.3 is 10.4 Å². The summed E-state index contributed by atoms with van der Waals surface area (Å²) in [5.41, 5.74) is -0.371. The molecule has 74 valence electrons. The van der Waals surface area contributed by atoms with Gasteiger partial charge in [-0.05, 0) is 19.9 Å². The predicted octanol–water partition coefficient (Wildman–Crippen LogP) is 1.35. The quantitative estimate of drug-likeness (QED) is 0.754. The van der Waals surface area contributed by atoms with Crippen LogP contribution in [0.2, 0.25) is 0 Å². The molecule has 3 nitrogen and oxygen atoms in total. The Labute approximate surface area is 82.8 Å². The molecular formula is C9H16N2OS. The first-order valence-corrected chi connectivity index (χ1v) is 5.37. The molecule has 0 radical (unpaired) electrons. The minimum Gasteiger partial charge on any atom is -0.394 e. The van der Waals surface area contributed by atoms with E-state index in [0.717, 1.165) is 18.0 Å². The summed E-state index contributed by atoms with van der Waals surface area (Å²) in [6.45, 7) is 5.06. The van der Waals surface area contributed by atoms with Gasteiger partial charge in [-0.1, -0.05) is 6.92 Å². The van der Waals surface area contributed by atoms with Crippen molar-refractivity contribution in [3.63, 3.8) is 0 Å². The highest BCUT2D eigenvalue weighted by Gasteiger charge is 2.27. The van der Waals surface area contributed by atoms with Gasteiger partial charge in [-0.15, -0.1) is 11.3 Å². The lowest BCUT2D eigenvalue weighted by atomic mass is 10.1. The SMILES string of the molecule is CCCNC(C)(CO)c1nccs1. The van der Waals surface area contributed by atoms with Gasteiger partial charge in [0.1, 0.15) is 5.01 Å². The van der Waals surface area contributed by atoms with Crippen molar-refractivity contribution in [2.45, 2.75) is 25.8 Å². The highest BCUT2D eigenvalue weighted by atomic mass is 32.1. The van der Waals surface area contributed by atoms with E-state index in [9.17, 15) is 5.11 Å². The van der Waals surface area contributed by atoms with Crippen molar-refractivity contribution in [3.05, 3.63) is 16.6 Å². The van der Waals surface area contributed by atoms with Crippen LogP contribution in [0.25, 0.3) is 0 Å². The number of thiazole rings is 1. The first-order chi connectivity index (χ1) is 6.23. The van der Waals surface area contributed by atoms with Gasteiger partial charge in [0.15, 0.2) is 0 Å². The van der Waals surface area contributed by atoms with E-state index in [1.165, 1.54) is 0 Å². The van der Waals surface area contributed by atoms with Crippen molar-refractivity contribution in [1.29, 1.82) is 0 Å². The lowest BCUT2D eigenvalue weighted by molar-refractivity contribution is 0.175. The molecule has 0 saturated heterocycles. The fourth-order valence-electron chi connectivity index (χ4n) is 1.10. The Balaban J connectivity index is 2.69. The molecule has 4 heteroatoms. The van der Waals surface area contributed by atoms with Crippen LogP contribution in [-0.4, -0.2) is 23.2 Å². The van der Waals surface area contributed by atoms with Gasteiger partial charge >= 0.3 is 0 Å². The van der Waals surface area contributed by atoms with Crippen LogP contribution >= 0.6 is 11.3 Å². The monoisotopic (exact) mass is 200 g/mol. The van der Waals surface area contributed by atoms with Crippen molar-refractivity contribution in [1.82, 2.24) is 10.3 Å². The van der Waals surface area contributed by atoms with Gasteiger partial charge in [0.25, 0.3) is 0 Å². The van der Waals surface area contributed by atoms with Gasteiger partial charge in [0.2, 0.25) is 0 Å². The zero-order chi connectivity index (χ0) is 9.73. The maximum absolute atomic E-state index is 9.29. The minimum absolute atomic E-state index is 0.0838. The summed E-state index contributed by atoms with van der Waals surface area (Å²) in [6, 6.07) is 0. The Bertz CT molecular complexity index is 238. The number of aliphatic hydroxyl groups is 1. The molecule has 1 atom stereocenters. The fourth-order valence-corrected chi connectivity index (χ4v) is 1.87. The summed E-state index contributed by atoms with van der Waals surface area (Å²) < 4.78 is 0. The van der Waals surface area contributed by atoms with Crippen LogP contribution in [0.15, 0.2) is 11.6 Å². The maximum atomic E-state index is 9.29. The molecule has 0 aliphatic heterocycles.